The lowest BCUT2D eigenvalue weighted by Gasteiger charge is -2.33. The number of carbonyl (C=O) groups is 1. The van der Waals surface area contributed by atoms with Gasteiger partial charge in [0.15, 0.2) is 0 Å². The van der Waals surface area contributed by atoms with Crippen LogP contribution in [0, 0.1) is 0 Å². The second-order valence-corrected chi connectivity index (χ2v) is 4.83. The van der Waals surface area contributed by atoms with E-state index in [9.17, 15) is 18.0 Å². The van der Waals surface area contributed by atoms with E-state index in [1.807, 2.05) is 0 Å². The summed E-state index contributed by atoms with van der Waals surface area (Å²) in [5.41, 5.74) is -1.32. The predicted molar refractivity (Wildman–Crippen MR) is 61.7 cm³/mol. The standard InChI is InChI=1S/C12H14F3NO2/c1-11(2,3)16(10(17)18)9-6-4-8(5-7-9)12(13,14)15/h4-7H,1-3H3,(H,17,18). The highest BCUT2D eigenvalue weighted by Crippen LogP contribution is 2.32. The fourth-order valence-corrected chi connectivity index (χ4v) is 1.58. The smallest absolute Gasteiger partial charge is 0.416 e. The average Bonchev–Trinajstić information content (AvgIpc) is 2.13. The third-order valence-corrected chi connectivity index (χ3v) is 2.31. The van der Waals surface area contributed by atoms with Crippen LogP contribution in [0.25, 0.3) is 0 Å². The van der Waals surface area contributed by atoms with Crippen LogP contribution in [0.1, 0.15) is 26.3 Å². The number of alkyl halides is 3. The quantitative estimate of drug-likeness (QED) is 0.830. The first kappa shape index (κ1) is 14.3. The third kappa shape index (κ3) is 3.15. The molecule has 0 bridgehead atoms. The molecule has 0 aliphatic rings. The number of halogens is 3. The molecule has 1 aromatic rings. The van der Waals surface area contributed by atoms with Gasteiger partial charge in [0.25, 0.3) is 0 Å². The van der Waals surface area contributed by atoms with Crippen molar-refractivity contribution in [2.24, 2.45) is 0 Å². The van der Waals surface area contributed by atoms with Gasteiger partial charge in [-0.3, -0.25) is 4.90 Å². The van der Waals surface area contributed by atoms with Gasteiger partial charge >= 0.3 is 12.3 Å². The number of anilines is 1. The number of benzene rings is 1. The molecular weight excluding hydrogens is 247 g/mol. The van der Waals surface area contributed by atoms with E-state index in [0.29, 0.717) is 0 Å². The van der Waals surface area contributed by atoms with E-state index < -0.39 is 23.4 Å². The molecule has 0 radical (unpaired) electrons. The number of amides is 1. The molecule has 3 nitrogen and oxygen atoms in total. The van der Waals surface area contributed by atoms with E-state index in [1.165, 1.54) is 0 Å². The highest BCUT2D eigenvalue weighted by molar-refractivity contribution is 5.87. The molecule has 0 fully saturated rings. The summed E-state index contributed by atoms with van der Waals surface area (Å²) in [6.07, 6.45) is -5.63. The van der Waals surface area contributed by atoms with Crippen LogP contribution in [0.2, 0.25) is 0 Å². The van der Waals surface area contributed by atoms with E-state index >= 15 is 0 Å². The van der Waals surface area contributed by atoms with Crippen LogP contribution < -0.4 is 4.90 Å². The largest absolute Gasteiger partial charge is 0.465 e. The Kier molecular flexibility index (Phi) is 3.59. The zero-order valence-electron chi connectivity index (χ0n) is 10.2. The molecule has 0 spiro atoms. The van der Waals surface area contributed by atoms with Crippen molar-refractivity contribution in [3.05, 3.63) is 29.8 Å². The van der Waals surface area contributed by atoms with Gasteiger partial charge in [-0.05, 0) is 45.0 Å². The Balaban J connectivity index is 3.14. The average molecular weight is 261 g/mol. The summed E-state index contributed by atoms with van der Waals surface area (Å²) in [5.74, 6) is 0. The lowest BCUT2D eigenvalue weighted by molar-refractivity contribution is -0.137. The molecule has 6 heteroatoms. The first-order valence-corrected chi connectivity index (χ1v) is 5.24. The minimum Gasteiger partial charge on any atom is -0.465 e. The summed E-state index contributed by atoms with van der Waals surface area (Å²) in [7, 11) is 0. The van der Waals surface area contributed by atoms with Crippen LogP contribution in [0.3, 0.4) is 0 Å². The van der Waals surface area contributed by atoms with Gasteiger partial charge in [-0.2, -0.15) is 13.2 Å². The van der Waals surface area contributed by atoms with Gasteiger partial charge in [0.05, 0.1) is 5.56 Å². The molecule has 0 saturated carbocycles. The summed E-state index contributed by atoms with van der Waals surface area (Å²) in [4.78, 5) is 12.2. The molecular formula is C12H14F3NO2. The van der Waals surface area contributed by atoms with Crippen LogP contribution in [-0.4, -0.2) is 16.7 Å². The van der Waals surface area contributed by atoms with Gasteiger partial charge < -0.3 is 5.11 Å². The number of nitrogens with zero attached hydrogens (tertiary/aromatic N) is 1. The molecule has 0 aromatic heterocycles. The highest BCUT2D eigenvalue weighted by atomic mass is 19.4. The number of hydrogen-bond donors (Lipinski definition) is 1. The molecule has 1 aromatic carbocycles. The van der Waals surface area contributed by atoms with Gasteiger partial charge in [-0.25, -0.2) is 4.79 Å². The van der Waals surface area contributed by atoms with Crippen molar-refractivity contribution in [3.63, 3.8) is 0 Å². The van der Waals surface area contributed by atoms with Crippen LogP contribution in [0.5, 0.6) is 0 Å². The summed E-state index contributed by atoms with van der Waals surface area (Å²) in [6.45, 7) is 5.00. The molecule has 1 N–H and O–H groups in total. The Morgan fingerprint density at radius 1 is 1.11 bits per heavy atom. The molecule has 0 saturated heterocycles. The maximum atomic E-state index is 12.4. The molecule has 0 aliphatic carbocycles. The summed E-state index contributed by atoms with van der Waals surface area (Å²) in [5, 5.41) is 9.10. The maximum Gasteiger partial charge on any atom is 0.416 e. The Hall–Kier alpha value is -1.72. The maximum absolute atomic E-state index is 12.4. The minimum absolute atomic E-state index is 0.211. The van der Waals surface area contributed by atoms with Crippen molar-refractivity contribution >= 4 is 11.8 Å². The van der Waals surface area contributed by atoms with Crippen LogP contribution in [-0.2, 0) is 6.18 Å². The fraction of sp³-hybridized carbons (Fsp3) is 0.417. The van der Waals surface area contributed by atoms with E-state index in [4.69, 9.17) is 5.11 Å². The molecule has 18 heavy (non-hydrogen) atoms. The Morgan fingerprint density at radius 2 is 1.56 bits per heavy atom. The molecule has 1 amide bonds. The van der Waals surface area contributed by atoms with Crippen molar-refractivity contribution in [1.82, 2.24) is 0 Å². The Morgan fingerprint density at radius 3 is 1.83 bits per heavy atom. The molecule has 0 atom stereocenters. The second-order valence-electron chi connectivity index (χ2n) is 4.83. The SMILES string of the molecule is CC(C)(C)N(C(=O)O)c1ccc(C(F)(F)F)cc1. The monoisotopic (exact) mass is 261 g/mol. The van der Waals surface area contributed by atoms with Gasteiger partial charge in [0, 0.05) is 11.2 Å². The van der Waals surface area contributed by atoms with Crippen LogP contribution in [0.15, 0.2) is 24.3 Å². The van der Waals surface area contributed by atoms with E-state index in [2.05, 4.69) is 0 Å². The van der Waals surface area contributed by atoms with Crippen LogP contribution in [0.4, 0.5) is 23.7 Å². The van der Waals surface area contributed by atoms with Crippen LogP contribution >= 0.6 is 0 Å². The minimum atomic E-state index is -4.42. The summed E-state index contributed by atoms with van der Waals surface area (Å²) < 4.78 is 37.1. The lowest BCUT2D eigenvalue weighted by Crippen LogP contribution is -2.45. The number of rotatable bonds is 1. The van der Waals surface area contributed by atoms with Gasteiger partial charge in [0.2, 0.25) is 0 Å². The van der Waals surface area contributed by atoms with Gasteiger partial charge in [-0.15, -0.1) is 0 Å². The highest BCUT2D eigenvalue weighted by Gasteiger charge is 2.32. The zero-order valence-corrected chi connectivity index (χ0v) is 10.2. The topological polar surface area (TPSA) is 40.5 Å². The van der Waals surface area contributed by atoms with Crippen molar-refractivity contribution < 1.29 is 23.1 Å². The first-order chi connectivity index (χ1) is 8.03. The summed E-state index contributed by atoms with van der Waals surface area (Å²) in [6, 6.07) is 4.05. The molecule has 100 valence electrons. The molecule has 0 heterocycles. The molecule has 1 rings (SSSR count). The number of carboxylic acid groups (broad SMARTS) is 1. The summed E-state index contributed by atoms with van der Waals surface area (Å²) >= 11 is 0. The predicted octanol–water partition coefficient (Wildman–Crippen LogP) is 3.99. The van der Waals surface area contributed by atoms with E-state index in [1.54, 1.807) is 20.8 Å². The van der Waals surface area contributed by atoms with Crippen molar-refractivity contribution in [1.29, 1.82) is 0 Å². The Bertz CT molecular complexity index is 432. The first-order valence-electron chi connectivity index (χ1n) is 5.24. The Labute approximate surface area is 103 Å². The van der Waals surface area contributed by atoms with E-state index in [0.717, 1.165) is 29.2 Å². The molecule has 0 unspecified atom stereocenters. The van der Waals surface area contributed by atoms with E-state index in [-0.39, 0.29) is 5.69 Å². The third-order valence-electron chi connectivity index (χ3n) is 2.31. The van der Waals surface area contributed by atoms with Crippen molar-refractivity contribution in [2.75, 3.05) is 4.90 Å². The lowest BCUT2D eigenvalue weighted by atomic mass is 10.0. The zero-order chi connectivity index (χ0) is 14.1. The number of hydrogen-bond acceptors (Lipinski definition) is 1. The van der Waals surface area contributed by atoms with Crippen molar-refractivity contribution in [2.45, 2.75) is 32.5 Å². The van der Waals surface area contributed by atoms with Gasteiger partial charge in [-0.1, -0.05) is 0 Å². The fourth-order valence-electron chi connectivity index (χ4n) is 1.58. The van der Waals surface area contributed by atoms with Gasteiger partial charge in [0.1, 0.15) is 0 Å². The van der Waals surface area contributed by atoms with Crippen molar-refractivity contribution in [3.8, 4) is 0 Å². The molecule has 0 aliphatic heterocycles. The normalized spacial score (nSPS) is 12.3. The second kappa shape index (κ2) is 4.51.